The molecular weight excluding hydrogens is 272 g/mol. The third-order valence-electron chi connectivity index (χ3n) is 3.04. The summed E-state index contributed by atoms with van der Waals surface area (Å²) >= 11 is 0. The first-order valence-corrected chi connectivity index (χ1v) is 6.97. The van der Waals surface area contributed by atoms with E-state index >= 15 is 0 Å². The van der Waals surface area contributed by atoms with Gasteiger partial charge in [-0.25, -0.2) is 0 Å². The van der Waals surface area contributed by atoms with Gasteiger partial charge < -0.3 is 14.5 Å². The third kappa shape index (κ3) is 5.27. The van der Waals surface area contributed by atoms with E-state index in [1.54, 1.807) is 18.4 Å². The lowest BCUT2D eigenvalue weighted by molar-refractivity contribution is -0.672. The van der Waals surface area contributed by atoms with Gasteiger partial charge in [-0.05, 0) is 37.1 Å². The predicted molar refractivity (Wildman–Crippen MR) is 77.0 cm³/mol. The van der Waals surface area contributed by atoms with Crippen LogP contribution in [0.2, 0.25) is 0 Å². The number of ether oxygens (including phenoxy) is 1. The zero-order valence-corrected chi connectivity index (χ0v) is 11.7. The molecule has 1 aromatic carbocycles. The lowest BCUT2D eigenvalue weighted by Gasteiger charge is -2.05. The van der Waals surface area contributed by atoms with Crippen molar-refractivity contribution in [3.8, 4) is 5.75 Å². The Labute approximate surface area is 122 Å². The van der Waals surface area contributed by atoms with E-state index in [1.807, 2.05) is 12.1 Å². The first kappa shape index (κ1) is 15.1. The maximum absolute atomic E-state index is 10.5. The molecule has 0 atom stereocenters. The molecule has 6 heteroatoms. The zero-order valence-electron chi connectivity index (χ0n) is 11.7. The molecule has 0 saturated heterocycles. The van der Waals surface area contributed by atoms with Crippen LogP contribution in [0.1, 0.15) is 18.6 Å². The average molecular weight is 291 g/mol. The Morgan fingerprint density at radius 3 is 2.67 bits per heavy atom. The molecule has 0 aliphatic carbocycles. The largest absolute Gasteiger partial charge is 0.494 e. The molecule has 1 heterocycles. The Morgan fingerprint density at radius 2 is 2.00 bits per heavy atom. The number of nitrogens with zero attached hydrogens (tertiary/aromatic N) is 1. The van der Waals surface area contributed by atoms with Gasteiger partial charge in [-0.3, -0.25) is 10.1 Å². The smallest absolute Gasteiger partial charge is 0.269 e. The normalized spacial score (nSPS) is 10.5. The van der Waals surface area contributed by atoms with Crippen LogP contribution in [0, 0.1) is 10.1 Å². The molecule has 112 valence electrons. The fraction of sp³-hybridized carbons (Fsp3) is 0.333. The molecule has 6 nitrogen and oxygen atoms in total. The highest BCUT2D eigenvalue weighted by molar-refractivity contribution is 5.35. The Balaban J connectivity index is 1.54. The quantitative estimate of drug-likeness (QED) is 0.436. The molecule has 0 aliphatic heterocycles. The monoisotopic (exact) mass is 291 g/mol. The zero-order chi connectivity index (χ0) is 14.9. The fourth-order valence-electron chi connectivity index (χ4n) is 1.92. The van der Waals surface area contributed by atoms with Crippen molar-refractivity contribution in [2.45, 2.75) is 19.4 Å². The number of non-ortho nitro benzene ring substituents is 1. The second-order valence-corrected chi connectivity index (χ2v) is 4.67. The maximum Gasteiger partial charge on any atom is 0.269 e. The number of furan rings is 1. The van der Waals surface area contributed by atoms with Crippen molar-refractivity contribution in [3.05, 3.63) is 58.5 Å². The Hall–Kier alpha value is -2.34. The minimum atomic E-state index is -0.418. The highest BCUT2D eigenvalue weighted by Gasteiger charge is 2.04. The van der Waals surface area contributed by atoms with Crippen LogP contribution in [0.3, 0.4) is 0 Å². The molecule has 0 spiro atoms. The van der Waals surface area contributed by atoms with Gasteiger partial charge in [0.1, 0.15) is 12.3 Å². The van der Waals surface area contributed by atoms with Crippen molar-refractivity contribution in [1.29, 1.82) is 0 Å². The Kier molecular flexibility index (Phi) is 5.78. The summed E-state index contributed by atoms with van der Waals surface area (Å²) in [7, 11) is 0. The number of quaternary nitrogens is 1. The highest BCUT2D eigenvalue weighted by atomic mass is 16.6. The van der Waals surface area contributed by atoms with E-state index in [0.717, 1.165) is 31.7 Å². The van der Waals surface area contributed by atoms with Crippen molar-refractivity contribution in [3.63, 3.8) is 0 Å². The number of nitro groups is 1. The van der Waals surface area contributed by atoms with Crippen LogP contribution in [0.4, 0.5) is 5.69 Å². The topological polar surface area (TPSA) is 82.1 Å². The summed E-state index contributed by atoms with van der Waals surface area (Å²) < 4.78 is 10.8. The van der Waals surface area contributed by atoms with Crippen LogP contribution in [-0.4, -0.2) is 18.1 Å². The van der Waals surface area contributed by atoms with Crippen LogP contribution in [-0.2, 0) is 6.54 Å². The first-order valence-electron chi connectivity index (χ1n) is 6.97. The van der Waals surface area contributed by atoms with Gasteiger partial charge in [0, 0.05) is 12.1 Å². The molecule has 0 unspecified atom stereocenters. The molecule has 2 aromatic rings. The molecule has 0 aliphatic rings. The van der Waals surface area contributed by atoms with Gasteiger partial charge in [0.15, 0.2) is 5.76 Å². The average Bonchev–Trinajstić information content (AvgIpc) is 3.00. The standard InChI is InChI=1S/C15H18N2O4/c18-17(19)13-5-7-14(8-6-13)20-10-2-1-9-16-12-15-4-3-11-21-15/h3-8,11,16H,1-2,9-10,12H2/p+1. The van der Waals surface area contributed by atoms with Gasteiger partial charge in [0.2, 0.25) is 0 Å². The van der Waals surface area contributed by atoms with E-state index < -0.39 is 4.92 Å². The van der Waals surface area contributed by atoms with Crippen LogP contribution in [0.25, 0.3) is 0 Å². The minimum Gasteiger partial charge on any atom is -0.494 e. The summed E-state index contributed by atoms with van der Waals surface area (Å²) in [5.41, 5.74) is 0.0786. The van der Waals surface area contributed by atoms with Gasteiger partial charge in [0.25, 0.3) is 5.69 Å². The maximum atomic E-state index is 10.5. The summed E-state index contributed by atoms with van der Waals surface area (Å²) in [6.45, 7) is 2.49. The second-order valence-electron chi connectivity index (χ2n) is 4.67. The molecule has 0 bridgehead atoms. The fourth-order valence-corrected chi connectivity index (χ4v) is 1.92. The SMILES string of the molecule is O=[N+]([O-])c1ccc(OCCCC[NH2+]Cc2ccco2)cc1. The van der Waals surface area contributed by atoms with Crippen LogP contribution in [0.5, 0.6) is 5.75 Å². The molecule has 2 rings (SSSR count). The molecule has 0 radical (unpaired) electrons. The van der Waals surface area contributed by atoms with Gasteiger partial charge in [-0.15, -0.1) is 0 Å². The van der Waals surface area contributed by atoms with E-state index in [1.165, 1.54) is 12.1 Å². The predicted octanol–water partition coefficient (Wildman–Crippen LogP) is 2.11. The van der Waals surface area contributed by atoms with Gasteiger partial charge in [-0.2, -0.15) is 0 Å². The number of nitro benzene ring substituents is 1. The number of benzene rings is 1. The van der Waals surface area contributed by atoms with E-state index in [9.17, 15) is 10.1 Å². The summed E-state index contributed by atoms with van der Waals surface area (Å²) in [4.78, 5) is 10.1. The number of hydrogen-bond donors (Lipinski definition) is 1. The molecule has 2 N–H and O–H groups in total. The molecule has 1 aromatic heterocycles. The molecule has 0 amide bonds. The van der Waals surface area contributed by atoms with Crippen molar-refractivity contribution in [2.75, 3.05) is 13.2 Å². The number of unbranched alkanes of at least 4 members (excludes halogenated alkanes) is 1. The van der Waals surface area contributed by atoms with Gasteiger partial charge in [-0.1, -0.05) is 0 Å². The van der Waals surface area contributed by atoms with Crippen LogP contribution in [0.15, 0.2) is 47.1 Å². The molecular formula is C15H19N2O4+. The summed E-state index contributed by atoms with van der Waals surface area (Å²) in [5.74, 6) is 1.65. The lowest BCUT2D eigenvalue weighted by atomic mass is 10.3. The Bertz CT molecular complexity index is 537. The number of hydrogen-bond acceptors (Lipinski definition) is 4. The van der Waals surface area contributed by atoms with Gasteiger partial charge in [0.05, 0.1) is 24.3 Å². The second kappa shape index (κ2) is 8.06. The lowest BCUT2D eigenvalue weighted by Crippen LogP contribution is -2.82. The molecule has 0 fully saturated rings. The minimum absolute atomic E-state index is 0.0786. The number of rotatable bonds is 9. The third-order valence-corrected chi connectivity index (χ3v) is 3.04. The summed E-state index contributed by atoms with van der Waals surface area (Å²) in [5, 5.41) is 12.7. The van der Waals surface area contributed by atoms with E-state index in [4.69, 9.17) is 9.15 Å². The van der Waals surface area contributed by atoms with Crippen molar-refractivity contribution in [1.82, 2.24) is 0 Å². The van der Waals surface area contributed by atoms with E-state index in [2.05, 4.69) is 5.32 Å². The highest BCUT2D eigenvalue weighted by Crippen LogP contribution is 2.17. The van der Waals surface area contributed by atoms with Crippen molar-refractivity contribution in [2.24, 2.45) is 0 Å². The summed E-state index contributed by atoms with van der Waals surface area (Å²) in [6.07, 6.45) is 3.68. The Morgan fingerprint density at radius 1 is 1.19 bits per heavy atom. The summed E-state index contributed by atoms with van der Waals surface area (Å²) in [6, 6.07) is 10.0. The van der Waals surface area contributed by atoms with Gasteiger partial charge >= 0.3 is 0 Å². The van der Waals surface area contributed by atoms with E-state index in [0.29, 0.717) is 12.4 Å². The molecule has 21 heavy (non-hydrogen) atoms. The first-order chi connectivity index (χ1) is 10.3. The van der Waals surface area contributed by atoms with E-state index in [-0.39, 0.29) is 5.69 Å². The van der Waals surface area contributed by atoms with Crippen molar-refractivity contribution >= 4 is 5.69 Å². The number of nitrogens with two attached hydrogens (primary N) is 1. The van der Waals surface area contributed by atoms with Crippen LogP contribution >= 0.6 is 0 Å². The van der Waals surface area contributed by atoms with Crippen LogP contribution < -0.4 is 10.1 Å². The van der Waals surface area contributed by atoms with Crippen molar-refractivity contribution < 1.29 is 19.4 Å². The molecule has 0 saturated carbocycles.